The highest BCUT2D eigenvalue weighted by molar-refractivity contribution is 5.78. The molecule has 0 saturated carbocycles. The number of hydrogen-bond acceptors (Lipinski definition) is 4. The zero-order valence-electron chi connectivity index (χ0n) is 14.1. The van der Waals surface area contributed by atoms with Crippen LogP contribution in [0.3, 0.4) is 0 Å². The van der Waals surface area contributed by atoms with Crippen molar-refractivity contribution in [1.29, 1.82) is 0 Å². The summed E-state index contributed by atoms with van der Waals surface area (Å²) in [6.07, 6.45) is 6.20. The molecule has 3 heterocycles. The normalized spacial score (nSPS) is 27.8. The topological polar surface area (TPSA) is 38.8 Å². The predicted octanol–water partition coefficient (Wildman–Crippen LogP) is 0.616. The van der Waals surface area contributed by atoms with Crippen LogP contribution >= 0.6 is 0 Å². The molecule has 1 amide bonds. The Kier molecular flexibility index (Phi) is 5.37. The lowest BCUT2D eigenvalue weighted by Gasteiger charge is -2.44. The third kappa shape index (κ3) is 4.00. The third-order valence-corrected chi connectivity index (χ3v) is 6.01. The van der Waals surface area contributed by atoms with Crippen LogP contribution < -0.4 is 5.32 Å². The molecule has 22 heavy (non-hydrogen) atoms. The maximum atomic E-state index is 12.6. The van der Waals surface area contributed by atoms with Gasteiger partial charge in [-0.1, -0.05) is 0 Å². The molecule has 3 rings (SSSR count). The number of hydrogen-bond donors (Lipinski definition) is 1. The van der Waals surface area contributed by atoms with E-state index in [2.05, 4.69) is 27.1 Å². The van der Waals surface area contributed by atoms with Crippen LogP contribution in [0.2, 0.25) is 0 Å². The molecule has 3 aliphatic heterocycles. The second kappa shape index (κ2) is 7.28. The Bertz CT molecular complexity index is 371. The first kappa shape index (κ1) is 16.2. The molecule has 0 radical (unpaired) electrons. The monoisotopic (exact) mass is 308 g/mol. The first-order valence-electron chi connectivity index (χ1n) is 9.06. The largest absolute Gasteiger partial charge is 0.342 e. The standard InChI is InChI=1S/C17H32N4O/c1-19-9-2-10-20(14-13-19)15-16(22)21-11-5-17(6-12-21)3-7-18-8-4-17/h18H,2-15H2,1H3. The van der Waals surface area contributed by atoms with Gasteiger partial charge in [0.1, 0.15) is 0 Å². The molecule has 3 fully saturated rings. The summed E-state index contributed by atoms with van der Waals surface area (Å²) < 4.78 is 0. The molecule has 5 heteroatoms. The van der Waals surface area contributed by atoms with E-state index in [4.69, 9.17) is 0 Å². The number of rotatable bonds is 2. The van der Waals surface area contributed by atoms with Gasteiger partial charge in [0.2, 0.25) is 5.91 Å². The molecule has 0 aromatic carbocycles. The Morgan fingerprint density at radius 1 is 0.955 bits per heavy atom. The highest BCUT2D eigenvalue weighted by atomic mass is 16.2. The van der Waals surface area contributed by atoms with E-state index in [1.807, 2.05) is 0 Å². The van der Waals surface area contributed by atoms with Crippen LogP contribution in [0.1, 0.15) is 32.1 Å². The molecule has 3 saturated heterocycles. The number of likely N-dealkylation sites (tertiary alicyclic amines) is 1. The van der Waals surface area contributed by atoms with Crippen LogP contribution in [-0.2, 0) is 4.79 Å². The van der Waals surface area contributed by atoms with E-state index in [-0.39, 0.29) is 0 Å². The third-order valence-electron chi connectivity index (χ3n) is 6.01. The van der Waals surface area contributed by atoms with Crippen molar-refractivity contribution in [3.05, 3.63) is 0 Å². The van der Waals surface area contributed by atoms with E-state index in [0.717, 1.165) is 52.4 Å². The molecule has 1 N–H and O–H groups in total. The van der Waals surface area contributed by atoms with Gasteiger partial charge in [-0.3, -0.25) is 9.69 Å². The lowest BCUT2D eigenvalue weighted by molar-refractivity contribution is -0.135. The molecule has 3 aliphatic rings. The minimum absolute atomic E-state index is 0.355. The average Bonchev–Trinajstić information content (AvgIpc) is 2.73. The van der Waals surface area contributed by atoms with Gasteiger partial charge in [0, 0.05) is 26.2 Å². The lowest BCUT2D eigenvalue weighted by atomic mass is 9.71. The summed E-state index contributed by atoms with van der Waals surface area (Å²) in [4.78, 5) is 19.4. The number of nitrogens with zero attached hydrogens (tertiary/aromatic N) is 3. The van der Waals surface area contributed by atoms with Crippen LogP contribution in [0.4, 0.5) is 0 Å². The number of piperidine rings is 2. The quantitative estimate of drug-likeness (QED) is 0.811. The Morgan fingerprint density at radius 2 is 1.68 bits per heavy atom. The minimum atomic E-state index is 0.355. The van der Waals surface area contributed by atoms with Crippen LogP contribution in [0.25, 0.3) is 0 Å². The molecule has 1 spiro atoms. The minimum Gasteiger partial charge on any atom is -0.342 e. The van der Waals surface area contributed by atoms with Crippen molar-refractivity contribution >= 4 is 5.91 Å². The van der Waals surface area contributed by atoms with Gasteiger partial charge in [-0.25, -0.2) is 0 Å². The number of carbonyl (C=O) groups excluding carboxylic acids is 1. The van der Waals surface area contributed by atoms with Crippen molar-refractivity contribution in [2.24, 2.45) is 5.41 Å². The van der Waals surface area contributed by atoms with Crippen molar-refractivity contribution in [2.45, 2.75) is 32.1 Å². The molecule has 0 unspecified atom stereocenters. The number of carbonyl (C=O) groups is 1. The summed E-state index contributed by atoms with van der Waals surface area (Å²) in [6, 6.07) is 0. The summed E-state index contributed by atoms with van der Waals surface area (Å²) in [5.41, 5.74) is 0.535. The Morgan fingerprint density at radius 3 is 2.41 bits per heavy atom. The SMILES string of the molecule is CN1CCCN(CC(=O)N2CCC3(CCNCC3)CC2)CC1. The van der Waals surface area contributed by atoms with Gasteiger partial charge in [0.05, 0.1) is 6.54 Å². The highest BCUT2D eigenvalue weighted by Crippen LogP contribution is 2.39. The molecule has 0 bridgehead atoms. The fraction of sp³-hybridized carbons (Fsp3) is 0.941. The van der Waals surface area contributed by atoms with E-state index in [9.17, 15) is 4.79 Å². The molecule has 5 nitrogen and oxygen atoms in total. The highest BCUT2D eigenvalue weighted by Gasteiger charge is 2.36. The number of nitrogens with one attached hydrogen (secondary N) is 1. The molecule has 0 aliphatic carbocycles. The van der Waals surface area contributed by atoms with Crippen molar-refractivity contribution in [1.82, 2.24) is 20.0 Å². The summed E-state index contributed by atoms with van der Waals surface area (Å²) in [7, 11) is 2.18. The fourth-order valence-corrected chi connectivity index (χ4v) is 4.24. The van der Waals surface area contributed by atoms with Gasteiger partial charge in [-0.15, -0.1) is 0 Å². The van der Waals surface area contributed by atoms with E-state index >= 15 is 0 Å². The maximum absolute atomic E-state index is 12.6. The van der Waals surface area contributed by atoms with Gasteiger partial charge >= 0.3 is 0 Å². The van der Waals surface area contributed by atoms with E-state index < -0.39 is 0 Å². The van der Waals surface area contributed by atoms with Crippen molar-refractivity contribution < 1.29 is 4.79 Å². The van der Waals surface area contributed by atoms with Crippen LogP contribution in [-0.4, -0.2) is 86.6 Å². The molecule has 0 aromatic rings. The average molecular weight is 308 g/mol. The summed E-state index contributed by atoms with van der Waals surface area (Å²) in [5.74, 6) is 0.355. The summed E-state index contributed by atoms with van der Waals surface area (Å²) in [6.45, 7) is 9.26. The summed E-state index contributed by atoms with van der Waals surface area (Å²) >= 11 is 0. The molecular weight excluding hydrogens is 276 g/mol. The first-order valence-corrected chi connectivity index (χ1v) is 9.06. The lowest BCUT2D eigenvalue weighted by Crippen LogP contribution is -2.49. The molecule has 126 valence electrons. The van der Waals surface area contributed by atoms with E-state index in [1.54, 1.807) is 0 Å². The Hall–Kier alpha value is -0.650. The number of amides is 1. The fourth-order valence-electron chi connectivity index (χ4n) is 4.24. The van der Waals surface area contributed by atoms with Gasteiger partial charge < -0.3 is 15.1 Å². The van der Waals surface area contributed by atoms with Crippen LogP contribution in [0.15, 0.2) is 0 Å². The van der Waals surface area contributed by atoms with Gasteiger partial charge in [0.25, 0.3) is 0 Å². The Labute approximate surface area is 135 Å². The zero-order chi connectivity index (χ0) is 15.4. The van der Waals surface area contributed by atoms with Gasteiger partial charge in [-0.2, -0.15) is 0 Å². The zero-order valence-corrected chi connectivity index (χ0v) is 14.1. The van der Waals surface area contributed by atoms with Crippen molar-refractivity contribution in [3.8, 4) is 0 Å². The van der Waals surface area contributed by atoms with Gasteiger partial charge in [0.15, 0.2) is 0 Å². The van der Waals surface area contributed by atoms with E-state index in [1.165, 1.54) is 32.1 Å². The van der Waals surface area contributed by atoms with Crippen molar-refractivity contribution in [2.75, 3.05) is 66.0 Å². The number of likely N-dealkylation sites (N-methyl/N-ethyl adjacent to an activating group) is 1. The maximum Gasteiger partial charge on any atom is 0.236 e. The summed E-state index contributed by atoms with van der Waals surface area (Å²) in [5, 5.41) is 3.46. The first-order chi connectivity index (χ1) is 10.7. The van der Waals surface area contributed by atoms with Crippen LogP contribution in [0, 0.1) is 5.41 Å². The van der Waals surface area contributed by atoms with E-state index in [0.29, 0.717) is 17.9 Å². The predicted molar refractivity (Wildman–Crippen MR) is 88.9 cm³/mol. The van der Waals surface area contributed by atoms with Crippen LogP contribution in [0.5, 0.6) is 0 Å². The van der Waals surface area contributed by atoms with Crippen molar-refractivity contribution in [3.63, 3.8) is 0 Å². The molecule has 0 aromatic heterocycles. The second-order valence-electron chi connectivity index (χ2n) is 7.56. The Balaban J connectivity index is 1.45. The molecule has 0 atom stereocenters. The second-order valence-corrected chi connectivity index (χ2v) is 7.56. The molecular formula is C17H32N4O. The van der Waals surface area contributed by atoms with Gasteiger partial charge in [-0.05, 0) is 70.7 Å². The smallest absolute Gasteiger partial charge is 0.236 e.